The summed E-state index contributed by atoms with van der Waals surface area (Å²) in [6, 6.07) is 15.7. The molecule has 0 heterocycles. The lowest BCUT2D eigenvalue weighted by Crippen LogP contribution is -2.26. The van der Waals surface area contributed by atoms with Gasteiger partial charge in [-0.1, -0.05) is 28.1 Å². The highest BCUT2D eigenvalue weighted by molar-refractivity contribution is 9.10. The minimum Gasteiger partial charge on any atom is -0.491 e. The van der Waals surface area contributed by atoms with Gasteiger partial charge < -0.3 is 14.7 Å². The summed E-state index contributed by atoms with van der Waals surface area (Å²) in [6.07, 6.45) is 1.68. The van der Waals surface area contributed by atoms with Gasteiger partial charge in [0.1, 0.15) is 5.75 Å². The number of hydrogen-bond acceptors (Lipinski definition) is 3. The molecule has 1 N–H and O–H groups in total. The second kappa shape index (κ2) is 11.3. The number of anilines is 1. The summed E-state index contributed by atoms with van der Waals surface area (Å²) in [5.41, 5.74) is 2.06. The molecule has 134 valence electrons. The van der Waals surface area contributed by atoms with Crippen molar-refractivity contribution < 1.29 is 19.4 Å². The van der Waals surface area contributed by atoms with Gasteiger partial charge in [0, 0.05) is 23.1 Å². The largest absolute Gasteiger partial charge is 0.491 e. The van der Waals surface area contributed by atoms with Crippen LogP contribution in [0.3, 0.4) is 0 Å². The van der Waals surface area contributed by atoms with Crippen LogP contribution in [0.1, 0.15) is 18.9 Å². The Balaban J connectivity index is 0.000000970. The first-order chi connectivity index (χ1) is 12.0. The number of ether oxygens (including phenoxy) is 1. The first-order valence-corrected chi connectivity index (χ1v) is 8.58. The maximum Gasteiger partial charge on any atom is 0.290 e. The van der Waals surface area contributed by atoms with E-state index in [9.17, 15) is 4.79 Å². The fourth-order valence-electron chi connectivity index (χ4n) is 2.17. The molecule has 0 spiro atoms. The predicted molar refractivity (Wildman–Crippen MR) is 102 cm³/mol. The molecule has 0 bridgehead atoms. The molecule has 5 nitrogen and oxygen atoms in total. The van der Waals surface area contributed by atoms with Crippen LogP contribution < -0.4 is 9.64 Å². The normalized spacial score (nSPS) is 10.8. The summed E-state index contributed by atoms with van der Waals surface area (Å²) < 4.78 is 6.89. The molecule has 6 heteroatoms. The van der Waals surface area contributed by atoms with Gasteiger partial charge in [-0.3, -0.25) is 9.59 Å². The maximum atomic E-state index is 11.3. The molecule has 1 unspecified atom stereocenters. The van der Waals surface area contributed by atoms with Crippen LogP contribution >= 0.6 is 15.9 Å². The standard InChI is InChI=1S/C18H20BrNO2.CH2O2/c1-14-4-3-5-17(12-14)20(13-21)11-10-15(2)22-18-8-6-16(19)7-9-18;2-1-3/h3-9,12-13,15H,10-11H2,1-2H3;1H,(H,2,3). The summed E-state index contributed by atoms with van der Waals surface area (Å²) in [5.74, 6) is 0.837. The van der Waals surface area contributed by atoms with E-state index in [4.69, 9.17) is 14.6 Å². The Morgan fingerprint density at radius 3 is 2.40 bits per heavy atom. The van der Waals surface area contributed by atoms with Gasteiger partial charge in [0.15, 0.2) is 0 Å². The number of hydrogen-bond donors (Lipinski definition) is 1. The topological polar surface area (TPSA) is 66.8 Å². The molecule has 0 aliphatic rings. The molecule has 0 fully saturated rings. The lowest BCUT2D eigenvalue weighted by molar-refractivity contribution is -0.122. The molecule has 2 aromatic rings. The molecule has 0 saturated carbocycles. The average Bonchev–Trinajstić information content (AvgIpc) is 2.58. The van der Waals surface area contributed by atoms with Crippen molar-refractivity contribution in [3.63, 3.8) is 0 Å². The van der Waals surface area contributed by atoms with Gasteiger partial charge in [0.05, 0.1) is 6.10 Å². The highest BCUT2D eigenvalue weighted by Crippen LogP contribution is 2.19. The number of carbonyl (C=O) groups excluding carboxylic acids is 1. The van der Waals surface area contributed by atoms with Crippen LogP contribution in [0.25, 0.3) is 0 Å². The van der Waals surface area contributed by atoms with Gasteiger partial charge in [-0.05, 0) is 55.8 Å². The zero-order chi connectivity index (χ0) is 18.7. The van der Waals surface area contributed by atoms with Crippen LogP contribution in [0.15, 0.2) is 53.0 Å². The molecule has 1 amide bonds. The van der Waals surface area contributed by atoms with Crippen molar-refractivity contribution in [2.45, 2.75) is 26.4 Å². The molecule has 2 aromatic carbocycles. The van der Waals surface area contributed by atoms with E-state index < -0.39 is 0 Å². The molecule has 2 rings (SSSR count). The number of amides is 1. The Kier molecular flexibility index (Phi) is 9.32. The van der Waals surface area contributed by atoms with E-state index in [1.54, 1.807) is 4.90 Å². The van der Waals surface area contributed by atoms with Crippen molar-refractivity contribution in [1.82, 2.24) is 0 Å². The molecule has 0 radical (unpaired) electrons. The second-order valence-electron chi connectivity index (χ2n) is 5.41. The van der Waals surface area contributed by atoms with Crippen molar-refractivity contribution in [1.29, 1.82) is 0 Å². The molecule has 0 aliphatic heterocycles. The summed E-state index contributed by atoms with van der Waals surface area (Å²) >= 11 is 3.40. The first kappa shape index (κ1) is 20.7. The fraction of sp³-hybridized carbons (Fsp3) is 0.263. The SMILES string of the molecule is Cc1cccc(N(C=O)CCC(C)Oc2ccc(Br)cc2)c1.O=CO. The number of nitrogens with zero attached hydrogens (tertiary/aromatic N) is 1. The van der Waals surface area contributed by atoms with E-state index in [1.165, 1.54) is 0 Å². The number of aryl methyl sites for hydroxylation is 1. The number of benzene rings is 2. The molecule has 0 aromatic heterocycles. The summed E-state index contributed by atoms with van der Waals surface area (Å²) in [4.78, 5) is 21.4. The quantitative estimate of drug-likeness (QED) is 0.695. The van der Waals surface area contributed by atoms with Crippen LogP contribution in [0, 0.1) is 6.92 Å². The lowest BCUT2D eigenvalue weighted by atomic mass is 10.2. The van der Waals surface area contributed by atoms with Gasteiger partial charge >= 0.3 is 0 Å². The molecule has 25 heavy (non-hydrogen) atoms. The van der Waals surface area contributed by atoms with E-state index in [-0.39, 0.29) is 12.6 Å². The van der Waals surface area contributed by atoms with Crippen molar-refractivity contribution in [2.75, 3.05) is 11.4 Å². The maximum absolute atomic E-state index is 11.3. The van der Waals surface area contributed by atoms with Crippen LogP contribution in [0.4, 0.5) is 5.69 Å². The van der Waals surface area contributed by atoms with Gasteiger partial charge in [-0.15, -0.1) is 0 Å². The monoisotopic (exact) mass is 407 g/mol. The number of halogens is 1. The highest BCUT2D eigenvalue weighted by atomic mass is 79.9. The van der Waals surface area contributed by atoms with Crippen LogP contribution in [-0.2, 0) is 9.59 Å². The minimum atomic E-state index is -0.250. The van der Waals surface area contributed by atoms with Crippen LogP contribution in [0.5, 0.6) is 5.75 Å². The van der Waals surface area contributed by atoms with Crippen LogP contribution in [0.2, 0.25) is 0 Å². The van der Waals surface area contributed by atoms with Crippen LogP contribution in [-0.4, -0.2) is 30.6 Å². The van der Waals surface area contributed by atoms with Crippen molar-refractivity contribution >= 4 is 34.5 Å². The van der Waals surface area contributed by atoms with Crippen molar-refractivity contribution in [2.24, 2.45) is 0 Å². The summed E-state index contributed by atoms with van der Waals surface area (Å²) in [7, 11) is 0. The number of carboxylic acid groups (broad SMARTS) is 1. The Hall–Kier alpha value is -2.34. The zero-order valence-electron chi connectivity index (χ0n) is 14.3. The molecular formula is C19H22BrNO4. The first-order valence-electron chi connectivity index (χ1n) is 7.78. The third-order valence-corrected chi connectivity index (χ3v) is 3.92. The number of rotatable bonds is 7. The minimum absolute atomic E-state index is 0.0356. The van der Waals surface area contributed by atoms with E-state index >= 15 is 0 Å². The van der Waals surface area contributed by atoms with Gasteiger partial charge in [0.2, 0.25) is 6.41 Å². The van der Waals surface area contributed by atoms with E-state index in [0.717, 1.165) is 34.3 Å². The predicted octanol–water partition coefficient (Wildman–Crippen LogP) is 4.28. The Labute approximate surface area is 156 Å². The summed E-state index contributed by atoms with van der Waals surface area (Å²) in [5, 5.41) is 6.89. The third-order valence-electron chi connectivity index (χ3n) is 3.39. The van der Waals surface area contributed by atoms with Gasteiger partial charge in [-0.2, -0.15) is 0 Å². The molecule has 1 atom stereocenters. The van der Waals surface area contributed by atoms with Gasteiger partial charge in [-0.25, -0.2) is 0 Å². The summed E-state index contributed by atoms with van der Waals surface area (Å²) in [6.45, 7) is 4.41. The van der Waals surface area contributed by atoms with E-state index in [2.05, 4.69) is 15.9 Å². The third kappa shape index (κ3) is 7.85. The second-order valence-corrected chi connectivity index (χ2v) is 6.33. The van der Waals surface area contributed by atoms with Crippen molar-refractivity contribution in [3.05, 3.63) is 58.6 Å². The fourth-order valence-corrected chi connectivity index (χ4v) is 2.44. The van der Waals surface area contributed by atoms with E-state index in [1.807, 2.05) is 62.4 Å². The lowest BCUT2D eigenvalue weighted by Gasteiger charge is -2.21. The van der Waals surface area contributed by atoms with Crippen molar-refractivity contribution in [3.8, 4) is 5.75 Å². The molecule has 0 aliphatic carbocycles. The Morgan fingerprint density at radius 2 is 1.84 bits per heavy atom. The van der Waals surface area contributed by atoms with Gasteiger partial charge in [0.25, 0.3) is 6.47 Å². The molecule has 0 saturated heterocycles. The highest BCUT2D eigenvalue weighted by Gasteiger charge is 2.10. The van der Waals surface area contributed by atoms with E-state index in [0.29, 0.717) is 6.54 Å². The zero-order valence-corrected chi connectivity index (χ0v) is 15.8. The smallest absolute Gasteiger partial charge is 0.290 e. The average molecular weight is 408 g/mol. The molecular weight excluding hydrogens is 386 g/mol. The Morgan fingerprint density at radius 1 is 1.20 bits per heavy atom. The number of carbonyl (C=O) groups is 2. The Bertz CT molecular complexity index is 661.